The average Bonchev–Trinajstić information content (AvgIpc) is 2.85. The number of rotatable bonds is 7. The standard InChI is InChI=1S/C28H23NO2/c1-2-21-3-9-24(10-4-21)25-11-17-28(18-12-25)29(26-13-5-22(19-30)6-14-26)27-15-7-23(20-31)8-16-27/h3-20H,2H2,1H3. The molecule has 3 nitrogen and oxygen atoms in total. The first-order valence-corrected chi connectivity index (χ1v) is 10.3. The van der Waals surface area contributed by atoms with Gasteiger partial charge < -0.3 is 4.90 Å². The van der Waals surface area contributed by atoms with Crippen LogP contribution in [0.15, 0.2) is 97.1 Å². The van der Waals surface area contributed by atoms with Gasteiger partial charge in [0, 0.05) is 28.2 Å². The van der Waals surface area contributed by atoms with Gasteiger partial charge in [-0.25, -0.2) is 0 Å². The molecule has 0 saturated carbocycles. The molecule has 4 rings (SSSR count). The second-order valence-electron chi connectivity index (χ2n) is 7.35. The maximum Gasteiger partial charge on any atom is 0.150 e. The van der Waals surface area contributed by atoms with E-state index >= 15 is 0 Å². The van der Waals surface area contributed by atoms with Crippen LogP contribution in [0.3, 0.4) is 0 Å². The van der Waals surface area contributed by atoms with E-state index in [0.29, 0.717) is 11.1 Å². The molecule has 0 aliphatic rings. The molecule has 4 aromatic carbocycles. The SMILES string of the molecule is CCc1ccc(-c2ccc(N(c3ccc(C=O)cc3)c3ccc(C=O)cc3)cc2)cc1. The smallest absolute Gasteiger partial charge is 0.150 e. The minimum Gasteiger partial charge on any atom is -0.311 e. The Bertz CT molecular complexity index is 1110. The van der Waals surface area contributed by atoms with Crippen LogP contribution in [0.2, 0.25) is 0 Å². The Morgan fingerprint density at radius 1 is 0.548 bits per heavy atom. The molecule has 0 saturated heterocycles. The molecular formula is C28H23NO2. The van der Waals surface area contributed by atoms with E-state index in [-0.39, 0.29) is 0 Å². The van der Waals surface area contributed by atoms with Crippen LogP contribution in [0.4, 0.5) is 17.1 Å². The third-order valence-electron chi connectivity index (χ3n) is 5.40. The molecular weight excluding hydrogens is 382 g/mol. The number of anilines is 3. The summed E-state index contributed by atoms with van der Waals surface area (Å²) in [5.41, 5.74) is 7.78. The number of nitrogens with zero attached hydrogens (tertiary/aromatic N) is 1. The van der Waals surface area contributed by atoms with Crippen LogP contribution in [0, 0.1) is 0 Å². The van der Waals surface area contributed by atoms with Gasteiger partial charge in [-0.1, -0.05) is 43.3 Å². The number of carbonyl (C=O) groups is 2. The Morgan fingerprint density at radius 3 is 1.26 bits per heavy atom. The Morgan fingerprint density at radius 2 is 0.903 bits per heavy atom. The molecule has 0 unspecified atom stereocenters. The van der Waals surface area contributed by atoms with Gasteiger partial charge in [-0.15, -0.1) is 0 Å². The van der Waals surface area contributed by atoms with Gasteiger partial charge in [0.05, 0.1) is 0 Å². The molecule has 152 valence electrons. The zero-order chi connectivity index (χ0) is 21.6. The average molecular weight is 405 g/mol. The van der Waals surface area contributed by atoms with Gasteiger partial charge in [0.1, 0.15) is 12.6 Å². The predicted octanol–water partition coefficient (Wildman–Crippen LogP) is 7.01. The van der Waals surface area contributed by atoms with Crippen LogP contribution in [0.25, 0.3) is 11.1 Å². The number of benzene rings is 4. The highest BCUT2D eigenvalue weighted by atomic mass is 16.1. The van der Waals surface area contributed by atoms with Crippen molar-refractivity contribution < 1.29 is 9.59 Å². The van der Waals surface area contributed by atoms with Crippen molar-refractivity contribution in [3.63, 3.8) is 0 Å². The zero-order valence-corrected chi connectivity index (χ0v) is 17.4. The van der Waals surface area contributed by atoms with Crippen molar-refractivity contribution >= 4 is 29.6 Å². The lowest BCUT2D eigenvalue weighted by Crippen LogP contribution is -2.10. The maximum atomic E-state index is 11.1. The summed E-state index contributed by atoms with van der Waals surface area (Å²) >= 11 is 0. The number of hydrogen-bond donors (Lipinski definition) is 0. The Hall–Kier alpha value is -3.98. The van der Waals surface area contributed by atoms with E-state index in [4.69, 9.17) is 0 Å². The highest BCUT2D eigenvalue weighted by Gasteiger charge is 2.13. The van der Waals surface area contributed by atoms with Gasteiger partial charge in [0.15, 0.2) is 0 Å². The van der Waals surface area contributed by atoms with E-state index in [9.17, 15) is 9.59 Å². The van der Waals surface area contributed by atoms with Gasteiger partial charge in [-0.3, -0.25) is 9.59 Å². The molecule has 0 N–H and O–H groups in total. The van der Waals surface area contributed by atoms with Crippen LogP contribution in [0.5, 0.6) is 0 Å². The van der Waals surface area contributed by atoms with E-state index in [0.717, 1.165) is 41.6 Å². The normalized spacial score (nSPS) is 10.5. The predicted molar refractivity (Wildman–Crippen MR) is 127 cm³/mol. The lowest BCUT2D eigenvalue weighted by molar-refractivity contribution is 0.111. The van der Waals surface area contributed by atoms with Crippen molar-refractivity contribution in [1.29, 1.82) is 0 Å². The summed E-state index contributed by atoms with van der Waals surface area (Å²) in [6.07, 6.45) is 2.71. The van der Waals surface area contributed by atoms with Crippen molar-refractivity contribution in [2.45, 2.75) is 13.3 Å². The van der Waals surface area contributed by atoms with Gasteiger partial charge >= 0.3 is 0 Å². The first-order valence-electron chi connectivity index (χ1n) is 10.3. The summed E-state index contributed by atoms with van der Waals surface area (Å²) in [6.45, 7) is 2.15. The highest BCUT2D eigenvalue weighted by molar-refractivity contribution is 5.82. The van der Waals surface area contributed by atoms with Crippen molar-refractivity contribution in [2.75, 3.05) is 4.90 Å². The molecule has 0 fully saturated rings. The third-order valence-corrected chi connectivity index (χ3v) is 5.40. The second-order valence-corrected chi connectivity index (χ2v) is 7.35. The number of hydrogen-bond acceptors (Lipinski definition) is 3. The molecule has 0 atom stereocenters. The summed E-state index contributed by atoms with van der Waals surface area (Å²) < 4.78 is 0. The van der Waals surface area contributed by atoms with Crippen molar-refractivity contribution in [3.05, 3.63) is 114 Å². The summed E-state index contributed by atoms with van der Waals surface area (Å²) in [4.78, 5) is 24.2. The lowest BCUT2D eigenvalue weighted by Gasteiger charge is -2.26. The van der Waals surface area contributed by atoms with Crippen molar-refractivity contribution in [1.82, 2.24) is 0 Å². The summed E-state index contributed by atoms with van der Waals surface area (Å²) in [5, 5.41) is 0. The third kappa shape index (κ3) is 4.46. The van der Waals surface area contributed by atoms with Gasteiger partial charge in [-0.05, 0) is 83.8 Å². The first kappa shape index (κ1) is 20.3. The van der Waals surface area contributed by atoms with Gasteiger partial charge in [0.25, 0.3) is 0 Å². The van der Waals surface area contributed by atoms with E-state index in [1.807, 2.05) is 24.3 Å². The van der Waals surface area contributed by atoms with Gasteiger partial charge in [0.2, 0.25) is 0 Å². The van der Waals surface area contributed by atoms with Crippen LogP contribution in [-0.4, -0.2) is 12.6 Å². The molecule has 31 heavy (non-hydrogen) atoms. The molecule has 0 bridgehead atoms. The molecule has 0 aliphatic carbocycles. The second kappa shape index (κ2) is 9.23. The van der Waals surface area contributed by atoms with Crippen molar-refractivity contribution in [2.24, 2.45) is 0 Å². The first-order chi connectivity index (χ1) is 15.2. The Labute approximate surface area is 182 Å². The van der Waals surface area contributed by atoms with Crippen molar-refractivity contribution in [3.8, 4) is 11.1 Å². The van der Waals surface area contributed by atoms with E-state index in [2.05, 4.69) is 60.4 Å². The van der Waals surface area contributed by atoms with E-state index < -0.39 is 0 Å². The molecule has 0 amide bonds. The number of aryl methyl sites for hydroxylation is 1. The monoisotopic (exact) mass is 405 g/mol. The molecule has 3 heteroatoms. The fourth-order valence-corrected chi connectivity index (χ4v) is 3.59. The van der Waals surface area contributed by atoms with Crippen LogP contribution in [0.1, 0.15) is 33.2 Å². The summed E-state index contributed by atoms with van der Waals surface area (Å²) in [7, 11) is 0. The molecule has 0 aromatic heterocycles. The Kier molecular flexibility index (Phi) is 6.04. The quantitative estimate of drug-likeness (QED) is 0.310. The molecule has 0 radical (unpaired) electrons. The topological polar surface area (TPSA) is 37.4 Å². The van der Waals surface area contributed by atoms with E-state index in [1.165, 1.54) is 11.1 Å². The summed E-state index contributed by atoms with van der Waals surface area (Å²) in [6, 6.07) is 32.0. The number of aldehydes is 2. The largest absolute Gasteiger partial charge is 0.311 e. The van der Waals surface area contributed by atoms with Gasteiger partial charge in [-0.2, -0.15) is 0 Å². The van der Waals surface area contributed by atoms with Crippen LogP contribution < -0.4 is 4.90 Å². The maximum absolute atomic E-state index is 11.1. The molecule has 4 aromatic rings. The fraction of sp³-hybridized carbons (Fsp3) is 0.0714. The lowest BCUT2D eigenvalue weighted by atomic mass is 10.0. The minimum absolute atomic E-state index is 0.630. The molecule has 0 spiro atoms. The molecule has 0 heterocycles. The van der Waals surface area contributed by atoms with Crippen LogP contribution in [-0.2, 0) is 6.42 Å². The minimum atomic E-state index is 0.630. The van der Waals surface area contributed by atoms with E-state index in [1.54, 1.807) is 24.3 Å². The molecule has 0 aliphatic heterocycles. The van der Waals surface area contributed by atoms with Crippen LogP contribution >= 0.6 is 0 Å². The fourth-order valence-electron chi connectivity index (χ4n) is 3.59. The number of carbonyl (C=O) groups excluding carboxylic acids is 2. The highest BCUT2D eigenvalue weighted by Crippen LogP contribution is 2.35. The summed E-state index contributed by atoms with van der Waals surface area (Å²) in [5.74, 6) is 0. The Balaban J connectivity index is 1.72. The zero-order valence-electron chi connectivity index (χ0n) is 17.4.